The molecule has 0 bridgehead atoms. The SMILES string of the molecule is Cc1c(N)ccnc1OC(F)F. The molecule has 1 heterocycles. The van der Waals surface area contributed by atoms with Crippen LogP contribution in [0.15, 0.2) is 12.3 Å². The lowest BCUT2D eigenvalue weighted by atomic mass is 10.2. The summed E-state index contributed by atoms with van der Waals surface area (Å²) in [6, 6.07) is 1.52. The van der Waals surface area contributed by atoms with Gasteiger partial charge < -0.3 is 10.5 Å². The zero-order chi connectivity index (χ0) is 9.14. The summed E-state index contributed by atoms with van der Waals surface area (Å²) in [5.74, 6) is -0.120. The van der Waals surface area contributed by atoms with Gasteiger partial charge in [0.2, 0.25) is 5.88 Å². The Morgan fingerprint density at radius 2 is 2.25 bits per heavy atom. The normalized spacial score (nSPS) is 10.3. The quantitative estimate of drug-likeness (QED) is 0.740. The van der Waals surface area contributed by atoms with Gasteiger partial charge in [-0.05, 0) is 13.0 Å². The van der Waals surface area contributed by atoms with Crippen LogP contribution in [-0.2, 0) is 0 Å². The maximum absolute atomic E-state index is 11.7. The zero-order valence-electron chi connectivity index (χ0n) is 6.42. The third-order valence-electron chi connectivity index (χ3n) is 1.40. The van der Waals surface area contributed by atoms with Crippen molar-refractivity contribution in [3.63, 3.8) is 0 Å². The van der Waals surface area contributed by atoms with E-state index < -0.39 is 6.61 Å². The van der Waals surface area contributed by atoms with E-state index >= 15 is 0 Å². The minimum absolute atomic E-state index is 0.120. The Bertz CT molecular complexity index is 278. The van der Waals surface area contributed by atoms with Crippen LogP contribution in [0.25, 0.3) is 0 Å². The molecule has 0 radical (unpaired) electrons. The second-order valence-electron chi connectivity index (χ2n) is 2.21. The number of nitrogen functional groups attached to an aromatic ring is 1. The van der Waals surface area contributed by atoms with Gasteiger partial charge in [-0.3, -0.25) is 0 Å². The molecule has 0 aromatic carbocycles. The molecule has 0 fully saturated rings. The highest BCUT2D eigenvalue weighted by Gasteiger charge is 2.09. The third kappa shape index (κ3) is 1.81. The zero-order valence-corrected chi connectivity index (χ0v) is 6.42. The minimum Gasteiger partial charge on any atom is -0.417 e. The van der Waals surface area contributed by atoms with Crippen molar-refractivity contribution in [2.75, 3.05) is 5.73 Å². The highest BCUT2D eigenvalue weighted by molar-refractivity contribution is 5.49. The number of pyridine rings is 1. The fourth-order valence-electron chi connectivity index (χ4n) is 0.734. The van der Waals surface area contributed by atoms with Crippen molar-refractivity contribution in [1.29, 1.82) is 0 Å². The number of anilines is 1. The largest absolute Gasteiger partial charge is 0.417 e. The first-order valence-electron chi connectivity index (χ1n) is 3.27. The van der Waals surface area contributed by atoms with Gasteiger partial charge in [0.15, 0.2) is 0 Å². The lowest BCUT2D eigenvalue weighted by Gasteiger charge is -2.07. The first-order chi connectivity index (χ1) is 5.61. The number of ether oxygens (including phenoxy) is 1. The van der Waals surface area contributed by atoms with E-state index in [4.69, 9.17) is 5.73 Å². The van der Waals surface area contributed by atoms with Crippen molar-refractivity contribution >= 4 is 5.69 Å². The van der Waals surface area contributed by atoms with E-state index in [0.29, 0.717) is 11.3 Å². The maximum atomic E-state index is 11.7. The third-order valence-corrected chi connectivity index (χ3v) is 1.40. The Hall–Kier alpha value is -1.39. The van der Waals surface area contributed by atoms with E-state index in [-0.39, 0.29) is 5.88 Å². The highest BCUT2D eigenvalue weighted by Crippen LogP contribution is 2.20. The van der Waals surface area contributed by atoms with Crippen LogP contribution in [0.4, 0.5) is 14.5 Å². The Kier molecular flexibility index (Phi) is 2.42. The average Bonchev–Trinajstić information content (AvgIpc) is 1.98. The smallest absolute Gasteiger partial charge is 0.388 e. The van der Waals surface area contributed by atoms with Crippen LogP contribution in [0.2, 0.25) is 0 Å². The molecule has 0 spiro atoms. The molecule has 66 valence electrons. The number of nitrogens with zero attached hydrogens (tertiary/aromatic N) is 1. The number of alkyl halides is 2. The van der Waals surface area contributed by atoms with Gasteiger partial charge in [0.05, 0.1) is 0 Å². The molecular weight excluding hydrogens is 166 g/mol. The minimum atomic E-state index is -2.86. The molecule has 0 saturated carbocycles. The van der Waals surface area contributed by atoms with Gasteiger partial charge in [0, 0.05) is 17.4 Å². The Morgan fingerprint density at radius 3 is 2.83 bits per heavy atom. The lowest BCUT2D eigenvalue weighted by molar-refractivity contribution is -0.0532. The van der Waals surface area contributed by atoms with Crippen molar-refractivity contribution in [2.24, 2.45) is 0 Å². The second kappa shape index (κ2) is 3.34. The van der Waals surface area contributed by atoms with Crippen LogP contribution >= 0.6 is 0 Å². The molecule has 0 saturated heterocycles. The summed E-state index contributed by atoms with van der Waals surface area (Å²) in [4.78, 5) is 3.60. The number of rotatable bonds is 2. The van der Waals surface area contributed by atoms with Gasteiger partial charge in [-0.2, -0.15) is 8.78 Å². The number of hydrogen-bond acceptors (Lipinski definition) is 3. The molecule has 12 heavy (non-hydrogen) atoms. The summed E-state index contributed by atoms with van der Waals surface area (Å²) in [6.45, 7) is -1.29. The van der Waals surface area contributed by atoms with Crippen molar-refractivity contribution < 1.29 is 13.5 Å². The molecule has 0 aliphatic carbocycles. The molecule has 0 aliphatic rings. The number of aromatic nitrogens is 1. The van der Waals surface area contributed by atoms with E-state index in [9.17, 15) is 8.78 Å². The Morgan fingerprint density at radius 1 is 1.58 bits per heavy atom. The van der Waals surface area contributed by atoms with Crippen LogP contribution < -0.4 is 10.5 Å². The van der Waals surface area contributed by atoms with E-state index in [2.05, 4.69) is 9.72 Å². The number of halogens is 2. The first-order valence-corrected chi connectivity index (χ1v) is 3.27. The molecule has 5 heteroatoms. The number of nitrogens with two attached hydrogens (primary N) is 1. The monoisotopic (exact) mass is 174 g/mol. The molecule has 0 amide bonds. The molecular formula is C7H8F2N2O. The molecule has 0 atom stereocenters. The van der Waals surface area contributed by atoms with Crippen molar-refractivity contribution in [1.82, 2.24) is 4.98 Å². The fraction of sp³-hybridized carbons (Fsp3) is 0.286. The second-order valence-corrected chi connectivity index (χ2v) is 2.21. The first kappa shape index (κ1) is 8.70. The summed E-state index contributed by atoms with van der Waals surface area (Å²) in [7, 11) is 0. The van der Waals surface area contributed by atoms with Crippen molar-refractivity contribution in [3.8, 4) is 5.88 Å². The van der Waals surface area contributed by atoms with Crippen LogP contribution in [0, 0.1) is 6.92 Å². The molecule has 1 rings (SSSR count). The molecule has 1 aromatic heterocycles. The van der Waals surface area contributed by atoms with Gasteiger partial charge in [0.25, 0.3) is 0 Å². The van der Waals surface area contributed by atoms with E-state index in [1.807, 2.05) is 0 Å². The van der Waals surface area contributed by atoms with Crippen LogP contribution in [0.1, 0.15) is 5.56 Å². The summed E-state index contributed by atoms with van der Waals surface area (Å²) in [5.41, 5.74) is 6.25. The Labute approximate surface area is 68.2 Å². The number of hydrogen-bond donors (Lipinski definition) is 1. The summed E-state index contributed by atoms with van der Waals surface area (Å²) in [6.07, 6.45) is 1.32. The van der Waals surface area contributed by atoms with E-state index in [0.717, 1.165) is 0 Å². The van der Waals surface area contributed by atoms with Gasteiger partial charge in [0.1, 0.15) is 0 Å². The molecule has 0 aliphatic heterocycles. The van der Waals surface area contributed by atoms with E-state index in [1.165, 1.54) is 12.3 Å². The Balaban J connectivity index is 2.92. The summed E-state index contributed by atoms with van der Waals surface area (Å²) >= 11 is 0. The standard InChI is InChI=1S/C7H8F2N2O/c1-4-5(10)2-3-11-6(4)12-7(8)9/h2-3,7H,1H3,(H2,10,11). The fourth-order valence-corrected chi connectivity index (χ4v) is 0.734. The molecule has 3 nitrogen and oxygen atoms in total. The lowest BCUT2D eigenvalue weighted by Crippen LogP contribution is -2.06. The van der Waals surface area contributed by atoms with Crippen LogP contribution in [-0.4, -0.2) is 11.6 Å². The van der Waals surface area contributed by atoms with Crippen molar-refractivity contribution in [3.05, 3.63) is 17.8 Å². The van der Waals surface area contributed by atoms with Crippen molar-refractivity contribution in [2.45, 2.75) is 13.5 Å². The van der Waals surface area contributed by atoms with Gasteiger partial charge >= 0.3 is 6.61 Å². The van der Waals surface area contributed by atoms with Gasteiger partial charge in [-0.15, -0.1) is 0 Å². The predicted molar refractivity (Wildman–Crippen MR) is 40.0 cm³/mol. The van der Waals surface area contributed by atoms with E-state index in [1.54, 1.807) is 6.92 Å². The molecule has 1 aromatic rings. The summed E-state index contributed by atoms with van der Waals surface area (Å²) in [5, 5.41) is 0. The van der Waals surface area contributed by atoms with Gasteiger partial charge in [-0.1, -0.05) is 0 Å². The summed E-state index contributed by atoms with van der Waals surface area (Å²) < 4.78 is 27.6. The topological polar surface area (TPSA) is 48.1 Å². The van der Waals surface area contributed by atoms with Gasteiger partial charge in [-0.25, -0.2) is 4.98 Å². The molecule has 0 unspecified atom stereocenters. The highest BCUT2D eigenvalue weighted by atomic mass is 19.3. The van der Waals surface area contributed by atoms with Crippen LogP contribution in [0.5, 0.6) is 5.88 Å². The molecule has 2 N–H and O–H groups in total. The van der Waals surface area contributed by atoms with Crippen LogP contribution in [0.3, 0.4) is 0 Å². The maximum Gasteiger partial charge on any atom is 0.388 e. The average molecular weight is 174 g/mol. The predicted octanol–water partition coefficient (Wildman–Crippen LogP) is 1.57.